The monoisotopic (exact) mass is 330 g/mol. The SMILES string of the molecule is COCCCCCCCCCCSc1ncc(F)c(=O)n1C. The summed E-state index contributed by atoms with van der Waals surface area (Å²) in [6, 6.07) is 0. The normalized spacial score (nSPS) is 11.0. The van der Waals surface area contributed by atoms with E-state index in [-0.39, 0.29) is 0 Å². The molecular weight excluding hydrogens is 303 g/mol. The van der Waals surface area contributed by atoms with Gasteiger partial charge in [0.25, 0.3) is 5.56 Å². The van der Waals surface area contributed by atoms with E-state index in [0.29, 0.717) is 5.16 Å². The lowest BCUT2D eigenvalue weighted by molar-refractivity contribution is 0.192. The molecule has 0 atom stereocenters. The largest absolute Gasteiger partial charge is 0.385 e. The standard InChI is InChI=1S/C16H27FN2O2S/c1-19-15(20)14(17)13-18-16(19)22-12-10-8-6-4-3-5-7-9-11-21-2/h13H,3-12H2,1-2H3. The number of ether oxygens (including phenoxy) is 1. The van der Waals surface area contributed by atoms with Gasteiger partial charge in [-0.25, -0.2) is 4.98 Å². The molecule has 0 N–H and O–H groups in total. The summed E-state index contributed by atoms with van der Waals surface area (Å²) in [7, 11) is 3.31. The molecule has 126 valence electrons. The third-order valence-corrected chi connectivity index (χ3v) is 4.69. The number of halogens is 1. The van der Waals surface area contributed by atoms with Gasteiger partial charge in [-0.2, -0.15) is 4.39 Å². The van der Waals surface area contributed by atoms with Crippen LogP contribution in [0, 0.1) is 5.82 Å². The van der Waals surface area contributed by atoms with Crippen molar-refractivity contribution in [2.75, 3.05) is 19.5 Å². The van der Waals surface area contributed by atoms with E-state index in [1.165, 1.54) is 54.9 Å². The van der Waals surface area contributed by atoms with Gasteiger partial charge in [-0.1, -0.05) is 50.3 Å². The molecule has 0 saturated heterocycles. The maximum atomic E-state index is 13.0. The van der Waals surface area contributed by atoms with Gasteiger partial charge in [-0.3, -0.25) is 9.36 Å². The van der Waals surface area contributed by atoms with E-state index in [4.69, 9.17) is 4.74 Å². The van der Waals surface area contributed by atoms with Crippen LogP contribution in [0.2, 0.25) is 0 Å². The molecule has 0 amide bonds. The lowest BCUT2D eigenvalue weighted by Crippen LogP contribution is -2.22. The van der Waals surface area contributed by atoms with Crippen molar-refractivity contribution in [1.29, 1.82) is 0 Å². The molecule has 6 heteroatoms. The molecule has 0 unspecified atom stereocenters. The summed E-state index contributed by atoms with van der Waals surface area (Å²) in [5.74, 6) is 0.122. The highest BCUT2D eigenvalue weighted by Gasteiger charge is 2.06. The summed E-state index contributed by atoms with van der Waals surface area (Å²) < 4.78 is 19.3. The number of thioether (sulfide) groups is 1. The molecule has 22 heavy (non-hydrogen) atoms. The van der Waals surface area contributed by atoms with E-state index >= 15 is 0 Å². The number of aromatic nitrogens is 2. The number of rotatable bonds is 12. The summed E-state index contributed by atoms with van der Waals surface area (Å²) in [6.45, 7) is 0.872. The maximum absolute atomic E-state index is 13.0. The van der Waals surface area contributed by atoms with Crippen LogP contribution in [0.1, 0.15) is 51.4 Å². The van der Waals surface area contributed by atoms with Crippen molar-refractivity contribution in [3.05, 3.63) is 22.4 Å². The van der Waals surface area contributed by atoms with Crippen molar-refractivity contribution in [3.8, 4) is 0 Å². The Morgan fingerprint density at radius 1 is 1.14 bits per heavy atom. The molecular formula is C16H27FN2O2S. The number of nitrogens with zero attached hydrogens (tertiary/aromatic N) is 2. The average Bonchev–Trinajstić information content (AvgIpc) is 2.52. The van der Waals surface area contributed by atoms with Gasteiger partial charge in [-0.15, -0.1) is 0 Å². The lowest BCUT2D eigenvalue weighted by Gasteiger charge is -2.06. The molecule has 0 aromatic carbocycles. The van der Waals surface area contributed by atoms with E-state index in [0.717, 1.165) is 31.4 Å². The minimum Gasteiger partial charge on any atom is -0.385 e. The minimum atomic E-state index is -0.794. The predicted molar refractivity (Wildman–Crippen MR) is 89.0 cm³/mol. The Hall–Kier alpha value is -0.880. The Kier molecular flexibility index (Phi) is 10.2. The Morgan fingerprint density at radius 3 is 2.36 bits per heavy atom. The Balaban J connectivity index is 2.02. The first-order chi connectivity index (χ1) is 10.7. The highest BCUT2D eigenvalue weighted by Crippen LogP contribution is 2.16. The van der Waals surface area contributed by atoms with Gasteiger partial charge >= 0.3 is 0 Å². The van der Waals surface area contributed by atoms with Gasteiger partial charge in [0.15, 0.2) is 5.16 Å². The van der Waals surface area contributed by atoms with Crippen LogP contribution in [0.3, 0.4) is 0 Å². The van der Waals surface area contributed by atoms with E-state index in [9.17, 15) is 9.18 Å². The molecule has 4 nitrogen and oxygen atoms in total. The van der Waals surface area contributed by atoms with Crippen LogP contribution >= 0.6 is 11.8 Å². The van der Waals surface area contributed by atoms with Crippen molar-refractivity contribution < 1.29 is 9.13 Å². The van der Waals surface area contributed by atoms with Crippen LogP contribution < -0.4 is 5.56 Å². The highest BCUT2D eigenvalue weighted by atomic mass is 32.2. The number of unbranched alkanes of at least 4 members (excludes halogenated alkanes) is 7. The fourth-order valence-electron chi connectivity index (χ4n) is 2.21. The quantitative estimate of drug-likeness (QED) is 0.332. The zero-order valence-corrected chi connectivity index (χ0v) is 14.5. The third-order valence-electron chi connectivity index (χ3n) is 3.56. The smallest absolute Gasteiger partial charge is 0.289 e. The second kappa shape index (κ2) is 11.7. The average molecular weight is 330 g/mol. The van der Waals surface area contributed by atoms with Crippen LogP contribution in [0.25, 0.3) is 0 Å². The fraction of sp³-hybridized carbons (Fsp3) is 0.750. The predicted octanol–water partition coefficient (Wildman–Crippen LogP) is 3.78. The van der Waals surface area contributed by atoms with Crippen LogP contribution in [-0.4, -0.2) is 29.0 Å². The van der Waals surface area contributed by atoms with E-state index < -0.39 is 11.4 Å². The molecule has 0 fully saturated rings. The molecule has 1 aromatic heterocycles. The zero-order chi connectivity index (χ0) is 16.2. The molecule has 1 aromatic rings. The van der Waals surface area contributed by atoms with Crippen molar-refractivity contribution in [1.82, 2.24) is 9.55 Å². The van der Waals surface area contributed by atoms with E-state index in [1.807, 2.05) is 0 Å². The second-order valence-corrected chi connectivity index (χ2v) is 6.48. The van der Waals surface area contributed by atoms with Gasteiger partial charge < -0.3 is 4.74 Å². The molecule has 1 rings (SSSR count). The number of hydrogen-bond acceptors (Lipinski definition) is 4. The number of methoxy groups -OCH3 is 1. The Labute approximate surface area is 136 Å². The molecule has 0 radical (unpaired) electrons. The van der Waals surface area contributed by atoms with Crippen LogP contribution in [0.4, 0.5) is 4.39 Å². The zero-order valence-electron chi connectivity index (χ0n) is 13.6. The topological polar surface area (TPSA) is 44.1 Å². The fourth-order valence-corrected chi connectivity index (χ4v) is 3.14. The molecule has 0 aliphatic rings. The van der Waals surface area contributed by atoms with Crippen molar-refractivity contribution >= 4 is 11.8 Å². The highest BCUT2D eigenvalue weighted by molar-refractivity contribution is 7.99. The lowest BCUT2D eigenvalue weighted by atomic mass is 10.1. The molecule has 0 aliphatic heterocycles. The van der Waals surface area contributed by atoms with Gasteiger partial charge in [-0.05, 0) is 12.8 Å². The Bertz CT molecular complexity index is 480. The summed E-state index contributed by atoms with van der Waals surface area (Å²) in [5, 5.41) is 0.588. The summed E-state index contributed by atoms with van der Waals surface area (Å²) >= 11 is 1.52. The first-order valence-electron chi connectivity index (χ1n) is 8.00. The first-order valence-corrected chi connectivity index (χ1v) is 8.98. The summed E-state index contributed by atoms with van der Waals surface area (Å²) in [5.41, 5.74) is -0.606. The first kappa shape index (κ1) is 19.2. The van der Waals surface area contributed by atoms with Gasteiger partial charge in [0.1, 0.15) is 0 Å². The molecule has 1 heterocycles. The van der Waals surface area contributed by atoms with Crippen LogP contribution in [0.15, 0.2) is 16.1 Å². The van der Waals surface area contributed by atoms with Crippen molar-refractivity contribution in [3.63, 3.8) is 0 Å². The number of hydrogen-bond donors (Lipinski definition) is 0. The van der Waals surface area contributed by atoms with Gasteiger partial charge in [0.05, 0.1) is 6.20 Å². The van der Waals surface area contributed by atoms with Crippen molar-refractivity contribution in [2.24, 2.45) is 7.05 Å². The molecule has 0 saturated carbocycles. The summed E-state index contributed by atoms with van der Waals surface area (Å²) in [6.07, 6.45) is 10.8. The summed E-state index contributed by atoms with van der Waals surface area (Å²) in [4.78, 5) is 15.4. The van der Waals surface area contributed by atoms with Gasteiger partial charge in [0.2, 0.25) is 5.82 Å². The van der Waals surface area contributed by atoms with Crippen molar-refractivity contribution in [2.45, 2.75) is 56.5 Å². The second-order valence-electron chi connectivity index (χ2n) is 5.42. The molecule has 0 aliphatic carbocycles. The van der Waals surface area contributed by atoms with E-state index in [2.05, 4.69) is 4.98 Å². The molecule has 0 spiro atoms. The minimum absolute atomic E-state index is 0.588. The maximum Gasteiger partial charge on any atom is 0.289 e. The van der Waals surface area contributed by atoms with Crippen LogP contribution in [-0.2, 0) is 11.8 Å². The van der Waals surface area contributed by atoms with Gasteiger partial charge in [0, 0.05) is 26.5 Å². The third kappa shape index (κ3) is 7.40. The Morgan fingerprint density at radius 2 is 1.73 bits per heavy atom. The van der Waals surface area contributed by atoms with E-state index in [1.54, 1.807) is 14.2 Å². The van der Waals surface area contributed by atoms with Crippen LogP contribution in [0.5, 0.6) is 0 Å². The molecule has 0 bridgehead atoms.